The molecule has 1 spiro atoms. The van der Waals surface area contributed by atoms with Gasteiger partial charge in [-0.05, 0) is 79.6 Å². The van der Waals surface area contributed by atoms with E-state index in [1.807, 2.05) is 13.8 Å². The second-order valence-electron chi connectivity index (χ2n) is 14.3. The zero-order valence-corrected chi connectivity index (χ0v) is 30.7. The van der Waals surface area contributed by atoms with Gasteiger partial charge in [0.1, 0.15) is 18.3 Å². The zero-order chi connectivity index (χ0) is 34.8. The van der Waals surface area contributed by atoms with Gasteiger partial charge in [-0.3, -0.25) is 28.0 Å². The summed E-state index contributed by atoms with van der Waals surface area (Å²) in [5.41, 5.74) is 0.0589. The lowest BCUT2D eigenvalue weighted by Gasteiger charge is -2.62. The Bertz CT molecular complexity index is 1150. The number of aliphatic hydroxyl groups is 1. The average Bonchev–Trinajstić information content (AvgIpc) is 3.21. The zero-order valence-electron chi connectivity index (χ0n) is 26.9. The molecule has 274 valence electrons. The second-order valence-corrected chi connectivity index (χ2v) is 16.1. The van der Waals surface area contributed by atoms with Gasteiger partial charge in [-0.25, -0.2) is 0 Å². The van der Waals surface area contributed by atoms with Crippen LogP contribution in [0.25, 0.3) is 0 Å². The molecule has 5 fully saturated rings. The Kier molecular flexibility index (Phi) is 13.4. The fourth-order valence-corrected chi connectivity index (χ4v) is 11.1. The minimum Gasteiger partial charge on any atom is -0.691 e. The molecule has 4 saturated carbocycles. The van der Waals surface area contributed by atoms with Crippen molar-refractivity contribution in [3.05, 3.63) is 12.2 Å². The molecule has 4 aliphatic carbocycles. The summed E-state index contributed by atoms with van der Waals surface area (Å²) in [6.45, 7) is 10.1. The number of rotatable bonds is 15. The van der Waals surface area contributed by atoms with Gasteiger partial charge >= 0.3 is 11.9 Å². The quantitative estimate of drug-likeness (QED) is 0.0280. The van der Waals surface area contributed by atoms with Crippen molar-refractivity contribution in [2.45, 2.75) is 115 Å². The first-order valence-electron chi connectivity index (χ1n) is 16.1. The molecule has 0 aromatic carbocycles. The first-order chi connectivity index (χ1) is 22.9. The van der Waals surface area contributed by atoms with E-state index in [2.05, 4.69) is 54.8 Å². The van der Waals surface area contributed by atoms with Crippen LogP contribution >= 0.6 is 47.2 Å². The number of hydrogen-bond acceptors (Lipinski definition) is 16. The lowest BCUT2D eigenvalue weighted by molar-refractivity contribution is -0.778. The number of carbonyl (C=O) groups is 2. The molecule has 0 radical (unpaired) electrons. The Labute approximate surface area is 301 Å². The van der Waals surface area contributed by atoms with Crippen LogP contribution in [0.3, 0.4) is 0 Å². The molecule has 13 atom stereocenters. The van der Waals surface area contributed by atoms with Crippen molar-refractivity contribution in [2.75, 3.05) is 4.43 Å². The van der Waals surface area contributed by atoms with Crippen LogP contribution in [-0.2, 0) is 50.9 Å². The Morgan fingerprint density at radius 3 is 2.40 bits per heavy atom. The van der Waals surface area contributed by atoms with Crippen molar-refractivity contribution in [1.82, 2.24) is 0 Å². The van der Waals surface area contributed by atoms with E-state index in [4.69, 9.17) is 22.6 Å². The standard InChI is InChI=1S/C30H45IO15S2/c1-14(2)9-22(32)40-25-24(42-48-46-44-37)23(41-47-45-43-36)20(13-31)39-28(25)38-17-10-18(27(34)35)19-7-8-30-11-16(15(3)26(30)33)5-6-21(30)29(19,4)12-17/h14,16-21,23-26,28,33,36-37H,3,5-13H2,1-2,4H3,(H,34,35)/p-2/t16?,17?,18?,19?,20?,21?,23-,24-,25?,26+,28-,29?,30?/m1/s1/i31-2. The van der Waals surface area contributed by atoms with Crippen LogP contribution in [0.5, 0.6) is 0 Å². The van der Waals surface area contributed by atoms with Gasteiger partial charge in [-0.1, -0.05) is 49.9 Å². The van der Waals surface area contributed by atoms with E-state index in [-0.39, 0.29) is 66.6 Å². The molecule has 1 heterocycles. The van der Waals surface area contributed by atoms with Crippen LogP contribution in [0.1, 0.15) is 72.1 Å². The molecule has 1 aliphatic heterocycles. The van der Waals surface area contributed by atoms with E-state index in [0.717, 1.165) is 31.3 Å². The van der Waals surface area contributed by atoms with Crippen LogP contribution in [0, 0.1) is 40.4 Å². The molecular weight excluding hydrogens is 789 g/mol. The summed E-state index contributed by atoms with van der Waals surface area (Å²) in [4.78, 5) is 25.9. The van der Waals surface area contributed by atoms with Gasteiger partial charge in [-0.2, -0.15) is 0 Å². The van der Waals surface area contributed by atoms with Crippen LogP contribution in [0.4, 0.5) is 0 Å². The number of carboxylic acids is 1. The Morgan fingerprint density at radius 1 is 1.08 bits per heavy atom. The fraction of sp³-hybridized carbons (Fsp3) is 0.867. The van der Waals surface area contributed by atoms with Gasteiger partial charge in [0.05, 0.1) is 18.1 Å². The smallest absolute Gasteiger partial charge is 0.306 e. The van der Waals surface area contributed by atoms with Gasteiger partial charge < -0.3 is 34.9 Å². The minimum absolute atomic E-state index is 0.0506. The summed E-state index contributed by atoms with van der Waals surface area (Å²) in [6.07, 6.45) is -2.13. The SMILES string of the molecule is C=C1C2CCC3C4(C)CC(O[C@@H]5OC(C[125I])[C@@H](OSOO[O-])[C@@H](OSOO[O-])C5OC(=O)CC(C)C)CC(C(=O)O)C4CCC3(C2)[C@H]1O. The molecule has 2 N–H and O–H groups in total. The highest BCUT2D eigenvalue weighted by atomic mass is 125. The number of hydrogen-bond donors (Lipinski definition) is 2. The Morgan fingerprint density at radius 2 is 1.77 bits per heavy atom. The van der Waals surface area contributed by atoms with Crippen LogP contribution < -0.4 is 10.5 Å². The number of aliphatic hydroxyl groups excluding tert-OH is 1. The monoisotopic (exact) mass is 832 g/mol. The van der Waals surface area contributed by atoms with Crippen molar-refractivity contribution >= 4 is 59.2 Å². The highest BCUT2D eigenvalue weighted by molar-refractivity contribution is 14.1. The topological polar surface area (TPSA) is 204 Å². The number of aliphatic carboxylic acids is 1. The van der Waals surface area contributed by atoms with Crippen molar-refractivity contribution in [3.63, 3.8) is 0 Å². The fourth-order valence-electron chi connectivity index (χ4n) is 9.67. The number of esters is 1. The lowest BCUT2D eigenvalue weighted by Crippen LogP contribution is -2.63. The maximum Gasteiger partial charge on any atom is 0.306 e. The van der Waals surface area contributed by atoms with Crippen molar-refractivity contribution in [3.8, 4) is 0 Å². The lowest BCUT2D eigenvalue weighted by atomic mass is 9.43. The van der Waals surface area contributed by atoms with Gasteiger partial charge in [-0.15, -0.1) is 8.67 Å². The number of ether oxygens (including phenoxy) is 3. The number of alkyl halides is 1. The van der Waals surface area contributed by atoms with Crippen molar-refractivity contribution in [2.24, 2.45) is 40.4 Å². The van der Waals surface area contributed by atoms with Crippen molar-refractivity contribution < 1.29 is 71.6 Å². The second kappa shape index (κ2) is 16.6. The highest BCUT2D eigenvalue weighted by Crippen LogP contribution is 2.70. The maximum atomic E-state index is 13.1. The molecule has 18 heteroatoms. The third-order valence-corrected chi connectivity index (χ3v) is 13.1. The van der Waals surface area contributed by atoms with E-state index in [1.54, 1.807) is 0 Å². The van der Waals surface area contributed by atoms with Crippen LogP contribution in [-0.4, -0.2) is 69.5 Å². The first kappa shape index (κ1) is 38.9. The number of carboxylic acid groups (broad SMARTS) is 1. The van der Waals surface area contributed by atoms with Crippen molar-refractivity contribution in [1.29, 1.82) is 0 Å². The van der Waals surface area contributed by atoms with E-state index in [1.165, 1.54) is 0 Å². The first-order valence-corrected chi connectivity index (χ1v) is 19.0. The Hall–Kier alpha value is -0.330. The molecule has 15 nitrogen and oxygen atoms in total. The minimum atomic E-state index is -1.31. The summed E-state index contributed by atoms with van der Waals surface area (Å²) in [5, 5.41) is 49.8. The van der Waals surface area contributed by atoms with E-state index < -0.39 is 66.2 Å². The molecule has 5 aliphatic rings. The van der Waals surface area contributed by atoms with Gasteiger partial charge in [0.15, 0.2) is 37.0 Å². The molecule has 0 aromatic rings. The molecular formula is C30H43IO15S2-2. The van der Waals surface area contributed by atoms with Gasteiger partial charge in [0, 0.05) is 16.3 Å². The predicted octanol–water partition coefficient (Wildman–Crippen LogP) is 3.08. The van der Waals surface area contributed by atoms with Crippen LogP contribution in [0.2, 0.25) is 0 Å². The highest BCUT2D eigenvalue weighted by Gasteiger charge is 2.67. The third-order valence-electron chi connectivity index (χ3n) is 11.4. The van der Waals surface area contributed by atoms with E-state index >= 15 is 0 Å². The molecule has 1 saturated heterocycles. The molecule has 0 aromatic heterocycles. The predicted molar refractivity (Wildman–Crippen MR) is 171 cm³/mol. The number of halogens is 1. The van der Waals surface area contributed by atoms with E-state index in [9.17, 15) is 30.3 Å². The maximum absolute atomic E-state index is 13.1. The number of fused-ring (bicyclic) bond motifs is 3. The summed E-state index contributed by atoms with van der Waals surface area (Å²) >= 11 is 2.43. The number of carbonyl (C=O) groups excluding carboxylic acids is 1. The molecule has 2 bridgehead atoms. The van der Waals surface area contributed by atoms with Gasteiger partial charge in [0.25, 0.3) is 0 Å². The van der Waals surface area contributed by atoms with Crippen LogP contribution in [0.15, 0.2) is 12.2 Å². The summed E-state index contributed by atoms with van der Waals surface area (Å²) in [5.74, 6) is -2.05. The largest absolute Gasteiger partial charge is 0.691 e. The summed E-state index contributed by atoms with van der Waals surface area (Å²) in [7, 11) is 0. The Balaban J connectivity index is 1.46. The summed E-state index contributed by atoms with van der Waals surface area (Å²) < 4.78 is 39.2. The molecule has 9 unspecified atom stereocenters. The van der Waals surface area contributed by atoms with Gasteiger partial charge in [0.2, 0.25) is 0 Å². The third kappa shape index (κ3) is 7.72. The molecule has 5 rings (SSSR count). The molecule has 48 heavy (non-hydrogen) atoms. The average molecular weight is 833 g/mol. The summed E-state index contributed by atoms with van der Waals surface area (Å²) in [6, 6.07) is 0. The molecule has 0 amide bonds. The normalized spacial score (nSPS) is 42.3. The van der Waals surface area contributed by atoms with E-state index in [0.29, 0.717) is 17.3 Å².